The van der Waals surface area contributed by atoms with Crippen LogP contribution < -0.4 is 20.3 Å². The lowest BCUT2D eigenvalue weighted by Gasteiger charge is -2.52. The molecule has 2 fully saturated rings. The van der Waals surface area contributed by atoms with E-state index in [0.29, 0.717) is 45.3 Å². The van der Waals surface area contributed by atoms with Gasteiger partial charge in [-0.2, -0.15) is 17.7 Å². The van der Waals surface area contributed by atoms with Crippen LogP contribution in [0.2, 0.25) is 0 Å². The molecule has 13 heteroatoms. The van der Waals surface area contributed by atoms with Crippen LogP contribution in [0.5, 0.6) is 0 Å². The van der Waals surface area contributed by atoms with E-state index in [1.54, 1.807) is 12.4 Å². The van der Waals surface area contributed by atoms with Gasteiger partial charge in [0, 0.05) is 63.3 Å². The summed E-state index contributed by atoms with van der Waals surface area (Å²) in [6.45, 7) is 6.27. The smallest absolute Gasteiger partial charge is 0.279 e. The van der Waals surface area contributed by atoms with Gasteiger partial charge in [0.15, 0.2) is 0 Å². The predicted molar refractivity (Wildman–Crippen MR) is 120 cm³/mol. The van der Waals surface area contributed by atoms with Gasteiger partial charge < -0.3 is 20.3 Å². The average molecular weight is 462 g/mol. The van der Waals surface area contributed by atoms with E-state index in [9.17, 15) is 8.42 Å². The summed E-state index contributed by atoms with van der Waals surface area (Å²) in [4.78, 5) is 22.5. The van der Waals surface area contributed by atoms with Crippen molar-refractivity contribution in [3.8, 4) is 11.3 Å². The molecule has 3 N–H and O–H groups in total. The number of hydrogen-bond acceptors (Lipinski definition) is 10. The zero-order valence-electron chi connectivity index (χ0n) is 18.2. The van der Waals surface area contributed by atoms with Crippen LogP contribution in [-0.4, -0.2) is 91.2 Å². The minimum atomic E-state index is -3.45. The van der Waals surface area contributed by atoms with Gasteiger partial charge >= 0.3 is 0 Å². The van der Waals surface area contributed by atoms with E-state index in [4.69, 9.17) is 20.4 Å². The Labute approximate surface area is 187 Å². The Bertz CT molecular complexity index is 1110. The maximum atomic E-state index is 12.2. The van der Waals surface area contributed by atoms with Gasteiger partial charge in [-0.3, -0.25) is 0 Å². The van der Waals surface area contributed by atoms with Crippen molar-refractivity contribution in [1.82, 2.24) is 29.0 Å². The summed E-state index contributed by atoms with van der Waals surface area (Å²) in [5.41, 5.74) is 7.94. The second kappa shape index (κ2) is 7.76. The second-order valence-corrected chi connectivity index (χ2v) is 10.4. The van der Waals surface area contributed by atoms with E-state index in [-0.39, 0.29) is 11.5 Å². The molecule has 0 radical (unpaired) electrons. The van der Waals surface area contributed by atoms with E-state index >= 15 is 0 Å². The highest BCUT2D eigenvalue weighted by Gasteiger charge is 2.50. The summed E-state index contributed by atoms with van der Waals surface area (Å²) in [6, 6.07) is 0. The predicted octanol–water partition coefficient (Wildman–Crippen LogP) is -0.747. The van der Waals surface area contributed by atoms with Crippen molar-refractivity contribution in [3.05, 3.63) is 18.0 Å². The number of rotatable bonds is 5. The van der Waals surface area contributed by atoms with Crippen LogP contribution in [0.25, 0.3) is 11.3 Å². The highest BCUT2D eigenvalue weighted by molar-refractivity contribution is 7.87. The van der Waals surface area contributed by atoms with Crippen LogP contribution in [-0.2, 0) is 21.4 Å². The highest BCUT2D eigenvalue weighted by atomic mass is 32.2. The molecule has 0 spiro atoms. The maximum absolute atomic E-state index is 12.2. The minimum absolute atomic E-state index is 0.210. The number of nitrogens with one attached hydrogen (secondary N) is 1. The monoisotopic (exact) mass is 461 g/mol. The standard InChI is InChI=1S/C19H27N9O3S/c1-19(11-27(12-19)32(29,30)21-2)28-4-3-14-15(13-9-22-17(20)23-10-13)24-18(25-16(14)28)26-5-7-31-8-6-26/h9-10,21H,3-8,11-12H2,1-2H3,(H2,20,22,23). The Morgan fingerprint density at radius 2 is 1.81 bits per heavy atom. The number of fused-ring (bicyclic) bond motifs is 1. The lowest BCUT2D eigenvalue weighted by molar-refractivity contribution is 0.122. The van der Waals surface area contributed by atoms with Crippen LogP contribution in [0.3, 0.4) is 0 Å². The first-order valence-corrected chi connectivity index (χ1v) is 12.0. The number of ether oxygens (including phenoxy) is 1. The molecule has 5 rings (SSSR count). The summed E-state index contributed by atoms with van der Waals surface area (Å²) in [6.07, 6.45) is 4.12. The Morgan fingerprint density at radius 3 is 2.47 bits per heavy atom. The Morgan fingerprint density at radius 1 is 1.12 bits per heavy atom. The van der Waals surface area contributed by atoms with Crippen molar-refractivity contribution >= 4 is 27.9 Å². The largest absolute Gasteiger partial charge is 0.378 e. The SMILES string of the molecule is CNS(=O)(=O)N1CC(C)(N2CCc3c(-c4cnc(N)nc4)nc(N4CCOCC4)nc32)C1. The van der Waals surface area contributed by atoms with Gasteiger partial charge in [-0.15, -0.1) is 0 Å². The molecule has 2 saturated heterocycles. The van der Waals surface area contributed by atoms with Crippen LogP contribution in [0.4, 0.5) is 17.7 Å². The van der Waals surface area contributed by atoms with Crippen molar-refractivity contribution in [2.24, 2.45) is 0 Å². The molecule has 2 aromatic heterocycles. The molecule has 0 aliphatic carbocycles. The number of nitrogens with zero attached hydrogens (tertiary/aromatic N) is 7. The normalized spacial score (nSPS) is 20.8. The minimum Gasteiger partial charge on any atom is -0.378 e. The van der Waals surface area contributed by atoms with Gasteiger partial charge in [-0.25, -0.2) is 19.7 Å². The first-order chi connectivity index (χ1) is 15.3. The first-order valence-electron chi connectivity index (χ1n) is 10.6. The topological polar surface area (TPSA) is 143 Å². The molecule has 0 atom stereocenters. The quantitative estimate of drug-likeness (QED) is 0.584. The van der Waals surface area contributed by atoms with Crippen molar-refractivity contribution in [1.29, 1.82) is 0 Å². The molecular weight excluding hydrogens is 434 g/mol. The van der Waals surface area contributed by atoms with Gasteiger partial charge in [0.1, 0.15) is 5.82 Å². The van der Waals surface area contributed by atoms with Crippen LogP contribution in [0, 0.1) is 0 Å². The number of morpholine rings is 1. The number of nitrogen functional groups attached to an aromatic ring is 1. The van der Waals surface area contributed by atoms with E-state index < -0.39 is 10.2 Å². The Kier molecular flexibility index (Phi) is 5.15. The molecule has 3 aliphatic rings. The van der Waals surface area contributed by atoms with E-state index in [0.717, 1.165) is 35.6 Å². The van der Waals surface area contributed by atoms with Crippen molar-refractivity contribution in [2.45, 2.75) is 18.9 Å². The number of hydrogen-bond donors (Lipinski definition) is 2. The number of nitrogens with two attached hydrogens (primary N) is 1. The summed E-state index contributed by atoms with van der Waals surface area (Å²) in [5.74, 6) is 1.69. The van der Waals surface area contributed by atoms with E-state index in [1.165, 1.54) is 11.4 Å². The Hall–Kier alpha value is -2.61. The lowest BCUT2D eigenvalue weighted by atomic mass is 9.93. The number of anilines is 3. The molecule has 5 heterocycles. The fourth-order valence-electron chi connectivity index (χ4n) is 4.56. The van der Waals surface area contributed by atoms with Crippen molar-refractivity contribution in [3.63, 3.8) is 0 Å². The summed E-state index contributed by atoms with van der Waals surface area (Å²) in [5, 5.41) is 0. The zero-order valence-corrected chi connectivity index (χ0v) is 19.0. The van der Waals surface area contributed by atoms with Gasteiger partial charge in [0.05, 0.1) is 24.4 Å². The van der Waals surface area contributed by atoms with Crippen LogP contribution >= 0.6 is 0 Å². The maximum Gasteiger partial charge on any atom is 0.279 e. The van der Waals surface area contributed by atoms with Gasteiger partial charge in [-0.1, -0.05) is 0 Å². The molecule has 32 heavy (non-hydrogen) atoms. The molecule has 0 bridgehead atoms. The van der Waals surface area contributed by atoms with E-state index in [1.807, 2.05) is 0 Å². The van der Waals surface area contributed by atoms with Crippen LogP contribution in [0.15, 0.2) is 12.4 Å². The zero-order chi connectivity index (χ0) is 22.5. The first kappa shape index (κ1) is 21.2. The third-order valence-electron chi connectivity index (χ3n) is 6.34. The fourth-order valence-corrected chi connectivity index (χ4v) is 5.71. The summed E-state index contributed by atoms with van der Waals surface area (Å²) >= 11 is 0. The molecule has 0 amide bonds. The molecular formula is C19H27N9O3S. The molecule has 2 aromatic rings. The molecule has 3 aliphatic heterocycles. The van der Waals surface area contributed by atoms with Crippen molar-refractivity contribution < 1.29 is 13.2 Å². The molecule has 172 valence electrons. The Balaban J connectivity index is 1.54. The highest BCUT2D eigenvalue weighted by Crippen LogP contribution is 2.41. The molecule has 12 nitrogen and oxygen atoms in total. The van der Waals surface area contributed by atoms with Gasteiger partial charge in [0.25, 0.3) is 10.2 Å². The summed E-state index contributed by atoms with van der Waals surface area (Å²) < 4.78 is 33.7. The summed E-state index contributed by atoms with van der Waals surface area (Å²) in [7, 11) is -2.02. The molecule has 0 aromatic carbocycles. The number of aromatic nitrogens is 4. The third-order valence-corrected chi connectivity index (χ3v) is 7.79. The van der Waals surface area contributed by atoms with Crippen LogP contribution in [0.1, 0.15) is 12.5 Å². The van der Waals surface area contributed by atoms with Gasteiger partial charge in [-0.05, 0) is 13.3 Å². The second-order valence-electron chi connectivity index (χ2n) is 8.48. The fraction of sp³-hybridized carbons (Fsp3) is 0.579. The average Bonchev–Trinajstić information content (AvgIpc) is 3.22. The van der Waals surface area contributed by atoms with Crippen molar-refractivity contribution in [2.75, 3.05) is 68.5 Å². The van der Waals surface area contributed by atoms with Gasteiger partial charge in [0.2, 0.25) is 11.9 Å². The lowest BCUT2D eigenvalue weighted by Crippen LogP contribution is -2.70. The van der Waals surface area contributed by atoms with E-state index in [2.05, 4.69) is 31.4 Å². The molecule has 0 unspecified atom stereocenters. The third kappa shape index (κ3) is 3.54. The molecule has 0 saturated carbocycles.